The van der Waals surface area contributed by atoms with Gasteiger partial charge in [-0.1, -0.05) is 19.1 Å². The molecule has 2 aromatic rings. The first-order chi connectivity index (χ1) is 11.7. The number of hydrogen-bond acceptors (Lipinski definition) is 4. The van der Waals surface area contributed by atoms with E-state index in [0.717, 1.165) is 30.6 Å². The summed E-state index contributed by atoms with van der Waals surface area (Å²) in [6.45, 7) is 3.92. The Balaban J connectivity index is 1.72. The summed E-state index contributed by atoms with van der Waals surface area (Å²) in [5.74, 6) is 3.32. The van der Waals surface area contributed by atoms with Crippen LogP contribution in [0.1, 0.15) is 12.5 Å². The molecule has 2 rings (SSSR count). The molecule has 0 radical (unpaired) electrons. The zero-order valence-corrected chi connectivity index (χ0v) is 16.0. The Morgan fingerprint density at radius 1 is 1.29 bits per heavy atom. The van der Waals surface area contributed by atoms with Gasteiger partial charge in [0, 0.05) is 30.8 Å². The van der Waals surface area contributed by atoms with Gasteiger partial charge in [-0.3, -0.25) is 4.99 Å². The second-order valence-corrected chi connectivity index (χ2v) is 7.35. The Morgan fingerprint density at radius 3 is 2.83 bits per heavy atom. The van der Waals surface area contributed by atoms with Crippen LogP contribution in [0, 0.1) is 5.92 Å². The van der Waals surface area contributed by atoms with E-state index in [9.17, 15) is 0 Å². The van der Waals surface area contributed by atoms with Crippen LogP contribution in [0.15, 0.2) is 51.0 Å². The molecule has 6 heteroatoms. The normalized spacial score (nSPS) is 12.7. The quantitative estimate of drug-likeness (QED) is 0.425. The molecule has 1 heterocycles. The van der Waals surface area contributed by atoms with Crippen LogP contribution in [0.3, 0.4) is 0 Å². The van der Waals surface area contributed by atoms with Gasteiger partial charge in [0.05, 0.1) is 7.11 Å². The van der Waals surface area contributed by atoms with E-state index in [2.05, 4.69) is 45.4 Å². The van der Waals surface area contributed by atoms with Crippen LogP contribution in [0.4, 0.5) is 0 Å². The van der Waals surface area contributed by atoms with Crippen molar-refractivity contribution in [3.63, 3.8) is 0 Å². The third-order valence-electron chi connectivity index (χ3n) is 3.47. The average molecular weight is 364 g/mol. The summed E-state index contributed by atoms with van der Waals surface area (Å²) in [5.41, 5.74) is 1.28. The fourth-order valence-corrected chi connectivity index (χ4v) is 3.82. The molecule has 0 fully saturated rings. The van der Waals surface area contributed by atoms with Crippen LogP contribution >= 0.6 is 23.1 Å². The first-order valence-corrected chi connectivity index (χ1v) is 9.87. The molecule has 0 saturated carbocycles. The van der Waals surface area contributed by atoms with E-state index >= 15 is 0 Å². The number of aliphatic imine (C=N–C) groups is 1. The number of guanidine groups is 1. The summed E-state index contributed by atoms with van der Waals surface area (Å²) in [4.78, 5) is 5.46. The Morgan fingerprint density at radius 2 is 2.12 bits per heavy atom. The summed E-state index contributed by atoms with van der Waals surface area (Å²) >= 11 is 3.54. The highest BCUT2D eigenvalue weighted by molar-refractivity contribution is 7.99. The zero-order chi connectivity index (χ0) is 17.2. The maximum Gasteiger partial charge on any atom is 0.191 e. The molecular weight excluding hydrogens is 338 g/mol. The molecule has 24 heavy (non-hydrogen) atoms. The molecule has 0 aliphatic rings. The smallest absolute Gasteiger partial charge is 0.191 e. The largest absolute Gasteiger partial charge is 0.496 e. The molecule has 130 valence electrons. The topological polar surface area (TPSA) is 45.7 Å². The monoisotopic (exact) mass is 363 g/mol. The third-order valence-corrected chi connectivity index (χ3v) is 5.59. The minimum atomic E-state index is 0.514. The number of rotatable bonds is 8. The van der Waals surface area contributed by atoms with Crippen molar-refractivity contribution >= 4 is 29.1 Å². The molecule has 0 aliphatic carbocycles. The molecule has 0 saturated heterocycles. The van der Waals surface area contributed by atoms with Gasteiger partial charge in [-0.25, -0.2) is 0 Å². The van der Waals surface area contributed by atoms with E-state index in [1.165, 1.54) is 10.5 Å². The number of para-hydroxylation sites is 1. The summed E-state index contributed by atoms with van der Waals surface area (Å²) < 4.78 is 5.40. The molecule has 4 nitrogen and oxygen atoms in total. The fraction of sp³-hybridized carbons (Fsp3) is 0.389. The van der Waals surface area contributed by atoms with Gasteiger partial charge in [-0.15, -0.1) is 11.8 Å². The third kappa shape index (κ3) is 6.09. The highest BCUT2D eigenvalue weighted by Crippen LogP contribution is 2.29. The standard InChI is InChI=1S/C18H25N3OS2/c1-14(12-24-17-7-5-4-6-16(17)22-3)10-20-18(19-2)21-11-15-8-9-23-13-15/h4-9,13-14H,10-12H2,1-3H3,(H2,19,20,21). The first-order valence-electron chi connectivity index (χ1n) is 7.94. The number of ether oxygens (including phenoxy) is 1. The number of hydrogen-bond donors (Lipinski definition) is 2. The van der Waals surface area contributed by atoms with Gasteiger partial charge in [0.15, 0.2) is 5.96 Å². The Hall–Kier alpha value is -1.66. The lowest BCUT2D eigenvalue weighted by atomic mass is 10.2. The molecule has 0 amide bonds. The van der Waals surface area contributed by atoms with Crippen molar-refractivity contribution in [3.05, 3.63) is 46.7 Å². The number of methoxy groups -OCH3 is 1. The van der Waals surface area contributed by atoms with Crippen LogP contribution < -0.4 is 15.4 Å². The molecule has 1 unspecified atom stereocenters. The average Bonchev–Trinajstić information content (AvgIpc) is 3.13. The molecule has 1 aromatic heterocycles. The van der Waals surface area contributed by atoms with Crippen LogP contribution in [0.2, 0.25) is 0 Å². The number of benzene rings is 1. The molecule has 0 bridgehead atoms. The molecule has 1 atom stereocenters. The maximum absolute atomic E-state index is 5.40. The molecule has 2 N–H and O–H groups in total. The molecule has 0 aliphatic heterocycles. The van der Waals surface area contributed by atoms with E-state index in [0.29, 0.717) is 5.92 Å². The number of thiophene rings is 1. The number of thioether (sulfide) groups is 1. The van der Waals surface area contributed by atoms with Gasteiger partial charge in [-0.05, 0) is 40.4 Å². The van der Waals surface area contributed by atoms with Gasteiger partial charge in [0.25, 0.3) is 0 Å². The predicted molar refractivity (Wildman–Crippen MR) is 105 cm³/mol. The van der Waals surface area contributed by atoms with Crippen LogP contribution in [0.5, 0.6) is 5.75 Å². The SMILES string of the molecule is CN=C(NCc1ccsc1)NCC(C)CSc1ccccc1OC. The van der Waals surface area contributed by atoms with Gasteiger partial charge in [-0.2, -0.15) is 11.3 Å². The van der Waals surface area contributed by atoms with Crippen molar-refractivity contribution in [2.24, 2.45) is 10.9 Å². The fourth-order valence-electron chi connectivity index (χ4n) is 2.10. The second-order valence-electron chi connectivity index (χ2n) is 5.51. The minimum absolute atomic E-state index is 0.514. The number of nitrogens with zero attached hydrogens (tertiary/aromatic N) is 1. The van der Waals surface area contributed by atoms with Crippen molar-refractivity contribution in [2.75, 3.05) is 26.5 Å². The summed E-state index contributed by atoms with van der Waals surface area (Å²) in [6.07, 6.45) is 0. The highest BCUT2D eigenvalue weighted by atomic mass is 32.2. The van der Waals surface area contributed by atoms with Gasteiger partial charge >= 0.3 is 0 Å². The van der Waals surface area contributed by atoms with Crippen molar-refractivity contribution in [2.45, 2.75) is 18.4 Å². The lowest BCUT2D eigenvalue weighted by molar-refractivity contribution is 0.405. The Kier molecular flexibility index (Phi) is 7.98. The van der Waals surface area contributed by atoms with Crippen LogP contribution in [-0.4, -0.2) is 32.4 Å². The molecular formula is C18H25N3OS2. The Bertz CT molecular complexity index is 629. The van der Waals surface area contributed by atoms with Crippen molar-refractivity contribution in [1.82, 2.24) is 10.6 Å². The maximum atomic E-state index is 5.40. The van der Waals surface area contributed by atoms with E-state index < -0.39 is 0 Å². The minimum Gasteiger partial charge on any atom is -0.496 e. The zero-order valence-electron chi connectivity index (χ0n) is 14.4. The van der Waals surface area contributed by atoms with Crippen LogP contribution in [0.25, 0.3) is 0 Å². The summed E-state index contributed by atoms with van der Waals surface area (Å²) in [6, 6.07) is 10.3. The lowest BCUT2D eigenvalue weighted by Gasteiger charge is -2.16. The molecule has 1 aromatic carbocycles. The van der Waals surface area contributed by atoms with Gasteiger partial charge in [0.1, 0.15) is 5.75 Å². The highest BCUT2D eigenvalue weighted by Gasteiger charge is 2.08. The van der Waals surface area contributed by atoms with E-state index in [1.54, 1.807) is 25.5 Å². The van der Waals surface area contributed by atoms with E-state index in [1.807, 2.05) is 30.0 Å². The van der Waals surface area contributed by atoms with Crippen molar-refractivity contribution in [1.29, 1.82) is 0 Å². The second kappa shape index (κ2) is 10.3. The number of nitrogens with one attached hydrogen (secondary N) is 2. The predicted octanol–water partition coefficient (Wildman–Crippen LogP) is 3.85. The van der Waals surface area contributed by atoms with E-state index in [4.69, 9.17) is 4.74 Å². The molecule has 0 spiro atoms. The first kappa shape index (κ1) is 18.7. The lowest BCUT2D eigenvalue weighted by Crippen LogP contribution is -2.39. The van der Waals surface area contributed by atoms with E-state index in [-0.39, 0.29) is 0 Å². The summed E-state index contributed by atoms with van der Waals surface area (Å²) in [5, 5.41) is 11.0. The van der Waals surface area contributed by atoms with Crippen molar-refractivity contribution in [3.8, 4) is 5.75 Å². The van der Waals surface area contributed by atoms with Crippen LogP contribution in [-0.2, 0) is 6.54 Å². The van der Waals surface area contributed by atoms with Gasteiger partial charge < -0.3 is 15.4 Å². The Labute approximate surface area is 152 Å². The van der Waals surface area contributed by atoms with Gasteiger partial charge in [0.2, 0.25) is 0 Å². The summed E-state index contributed by atoms with van der Waals surface area (Å²) in [7, 11) is 3.52. The van der Waals surface area contributed by atoms with Crippen molar-refractivity contribution < 1.29 is 4.74 Å².